The molecular formula is C11H11ClF3NO2S. The van der Waals surface area contributed by atoms with Crippen molar-refractivity contribution < 1.29 is 21.6 Å². The Bertz CT molecular complexity index is 574. The molecule has 1 unspecified atom stereocenters. The summed E-state index contributed by atoms with van der Waals surface area (Å²) in [5.41, 5.74) is -1.15. The zero-order chi connectivity index (χ0) is 14.3. The molecular weight excluding hydrogens is 303 g/mol. The molecule has 1 saturated heterocycles. The predicted octanol–water partition coefficient (Wildman–Crippen LogP) is 2.71. The van der Waals surface area contributed by atoms with Crippen molar-refractivity contribution >= 4 is 21.6 Å². The molecule has 0 radical (unpaired) electrons. The minimum absolute atomic E-state index is 0.0378. The van der Waals surface area contributed by atoms with Gasteiger partial charge in [-0.2, -0.15) is 17.5 Å². The predicted molar refractivity (Wildman–Crippen MR) is 64.5 cm³/mol. The van der Waals surface area contributed by atoms with Gasteiger partial charge in [0.2, 0.25) is 10.0 Å². The van der Waals surface area contributed by atoms with E-state index in [4.69, 9.17) is 11.6 Å². The van der Waals surface area contributed by atoms with Crippen molar-refractivity contribution in [2.75, 3.05) is 13.1 Å². The van der Waals surface area contributed by atoms with Gasteiger partial charge in [0.05, 0.1) is 10.5 Å². The number of alkyl halides is 4. The second-order valence-corrected chi connectivity index (χ2v) is 6.77. The lowest BCUT2D eigenvalue weighted by Gasteiger charge is -2.19. The van der Waals surface area contributed by atoms with Gasteiger partial charge in [-0.05, 0) is 18.6 Å². The van der Waals surface area contributed by atoms with Crippen molar-refractivity contribution in [3.8, 4) is 0 Å². The number of nitrogens with zero attached hydrogens (tertiary/aromatic N) is 1. The van der Waals surface area contributed by atoms with Crippen molar-refractivity contribution in [3.05, 3.63) is 29.8 Å². The highest BCUT2D eigenvalue weighted by molar-refractivity contribution is 7.89. The number of hydrogen-bond donors (Lipinski definition) is 0. The lowest BCUT2D eigenvalue weighted by atomic mass is 10.2. The van der Waals surface area contributed by atoms with E-state index in [1.54, 1.807) is 0 Å². The van der Waals surface area contributed by atoms with E-state index in [2.05, 4.69) is 0 Å². The molecule has 0 amide bonds. The Hall–Kier alpha value is -0.790. The van der Waals surface area contributed by atoms with Crippen molar-refractivity contribution in [2.24, 2.45) is 0 Å². The lowest BCUT2D eigenvalue weighted by Crippen LogP contribution is -2.30. The number of hydrogen-bond acceptors (Lipinski definition) is 2. The molecule has 1 aromatic carbocycles. The van der Waals surface area contributed by atoms with Crippen molar-refractivity contribution in [3.63, 3.8) is 0 Å². The van der Waals surface area contributed by atoms with Crippen molar-refractivity contribution in [1.82, 2.24) is 4.31 Å². The molecule has 3 nitrogen and oxygen atoms in total. The van der Waals surface area contributed by atoms with E-state index in [-0.39, 0.29) is 18.5 Å². The monoisotopic (exact) mass is 313 g/mol. The van der Waals surface area contributed by atoms with Crippen LogP contribution in [-0.4, -0.2) is 31.2 Å². The molecule has 1 heterocycles. The van der Waals surface area contributed by atoms with Crippen LogP contribution in [0.4, 0.5) is 13.2 Å². The fraction of sp³-hybridized carbons (Fsp3) is 0.455. The Morgan fingerprint density at radius 2 is 1.89 bits per heavy atom. The minimum Gasteiger partial charge on any atom is -0.207 e. The molecule has 1 aliphatic rings. The summed E-state index contributed by atoms with van der Waals surface area (Å²) in [7, 11) is -4.16. The first-order chi connectivity index (χ1) is 8.73. The Balaban J connectivity index is 2.47. The molecule has 1 aromatic rings. The highest BCUT2D eigenvalue weighted by atomic mass is 35.5. The zero-order valence-electron chi connectivity index (χ0n) is 9.69. The van der Waals surface area contributed by atoms with E-state index < -0.39 is 26.7 Å². The van der Waals surface area contributed by atoms with Gasteiger partial charge in [-0.3, -0.25) is 0 Å². The number of sulfonamides is 1. The molecule has 0 N–H and O–H groups in total. The van der Waals surface area contributed by atoms with Crippen molar-refractivity contribution in [2.45, 2.75) is 22.9 Å². The minimum atomic E-state index is -4.70. The molecule has 0 saturated carbocycles. The van der Waals surface area contributed by atoms with Crippen LogP contribution in [0.3, 0.4) is 0 Å². The molecule has 0 spiro atoms. The first-order valence-electron chi connectivity index (χ1n) is 5.53. The van der Waals surface area contributed by atoms with E-state index in [1.165, 1.54) is 6.07 Å². The molecule has 0 aliphatic carbocycles. The summed E-state index contributed by atoms with van der Waals surface area (Å²) in [5, 5.41) is -0.354. The lowest BCUT2D eigenvalue weighted by molar-refractivity contribution is -0.139. The van der Waals surface area contributed by atoms with Crippen LogP contribution in [0, 0.1) is 0 Å². The fourth-order valence-electron chi connectivity index (χ4n) is 1.97. The molecule has 1 fully saturated rings. The third-order valence-corrected chi connectivity index (χ3v) is 5.18. The van der Waals surface area contributed by atoms with Crippen LogP contribution < -0.4 is 0 Å². The molecule has 106 valence electrons. The Labute approximate surface area is 114 Å². The standard InChI is InChI=1S/C11H11ClF3NO2S/c12-8-5-6-16(7-8)19(17,18)10-4-2-1-3-9(10)11(13,14)15/h1-4,8H,5-7H2. The maximum Gasteiger partial charge on any atom is 0.417 e. The van der Waals surface area contributed by atoms with Crippen molar-refractivity contribution in [1.29, 1.82) is 0 Å². The van der Waals surface area contributed by atoms with Crippen LogP contribution in [0.1, 0.15) is 12.0 Å². The van der Waals surface area contributed by atoms with Gasteiger partial charge in [-0.1, -0.05) is 12.1 Å². The second-order valence-electron chi connectivity index (χ2n) is 4.24. The summed E-state index contributed by atoms with van der Waals surface area (Å²) < 4.78 is 63.9. The van der Waals surface area contributed by atoms with E-state index in [1.807, 2.05) is 0 Å². The summed E-state index contributed by atoms with van der Waals surface area (Å²) in [6.45, 7) is 0.179. The summed E-state index contributed by atoms with van der Waals surface area (Å²) in [6, 6.07) is 4.17. The SMILES string of the molecule is O=S(=O)(c1ccccc1C(F)(F)F)N1CCC(Cl)C1. The molecule has 8 heteroatoms. The number of halogens is 4. The first kappa shape index (κ1) is 14.6. The average Bonchev–Trinajstić information content (AvgIpc) is 2.75. The van der Waals surface area contributed by atoms with Gasteiger partial charge in [0.1, 0.15) is 0 Å². The maximum atomic E-state index is 12.8. The van der Waals surface area contributed by atoms with E-state index in [0.29, 0.717) is 6.42 Å². The first-order valence-corrected chi connectivity index (χ1v) is 7.41. The van der Waals surface area contributed by atoms with Crippen LogP contribution in [0.25, 0.3) is 0 Å². The maximum absolute atomic E-state index is 12.8. The Morgan fingerprint density at radius 1 is 1.26 bits per heavy atom. The summed E-state index contributed by atoms with van der Waals surface area (Å²) >= 11 is 5.80. The van der Waals surface area contributed by atoms with Gasteiger partial charge < -0.3 is 0 Å². The molecule has 0 bridgehead atoms. The molecule has 19 heavy (non-hydrogen) atoms. The highest BCUT2D eigenvalue weighted by Crippen LogP contribution is 2.36. The average molecular weight is 314 g/mol. The van der Waals surface area contributed by atoms with Gasteiger partial charge in [-0.25, -0.2) is 8.42 Å². The van der Waals surface area contributed by atoms with Gasteiger partial charge in [0.15, 0.2) is 0 Å². The van der Waals surface area contributed by atoms with E-state index in [0.717, 1.165) is 22.5 Å². The number of rotatable bonds is 2. The third kappa shape index (κ3) is 2.88. The van der Waals surface area contributed by atoms with Crippen LogP contribution in [0.5, 0.6) is 0 Å². The largest absolute Gasteiger partial charge is 0.417 e. The third-order valence-electron chi connectivity index (χ3n) is 2.90. The topological polar surface area (TPSA) is 37.4 Å². The Morgan fingerprint density at radius 3 is 2.42 bits per heavy atom. The molecule has 2 rings (SSSR count). The molecule has 1 aliphatic heterocycles. The normalized spacial score (nSPS) is 21.8. The quantitative estimate of drug-likeness (QED) is 0.787. The Kier molecular flexibility index (Phi) is 3.81. The summed E-state index contributed by atoms with van der Waals surface area (Å²) in [5.74, 6) is 0. The molecule has 1 atom stereocenters. The van der Waals surface area contributed by atoms with Gasteiger partial charge in [0, 0.05) is 18.5 Å². The summed E-state index contributed by atoms with van der Waals surface area (Å²) in [6.07, 6.45) is -4.27. The molecule has 0 aromatic heterocycles. The van der Waals surface area contributed by atoms with Crippen LogP contribution in [0.2, 0.25) is 0 Å². The van der Waals surface area contributed by atoms with Crippen LogP contribution >= 0.6 is 11.6 Å². The van der Waals surface area contributed by atoms with Crippen LogP contribution in [0.15, 0.2) is 29.2 Å². The van der Waals surface area contributed by atoms with Gasteiger partial charge in [0.25, 0.3) is 0 Å². The summed E-state index contributed by atoms with van der Waals surface area (Å²) in [4.78, 5) is -0.715. The smallest absolute Gasteiger partial charge is 0.207 e. The van der Waals surface area contributed by atoms with Gasteiger partial charge >= 0.3 is 6.18 Å². The van der Waals surface area contributed by atoms with E-state index >= 15 is 0 Å². The zero-order valence-corrected chi connectivity index (χ0v) is 11.3. The van der Waals surface area contributed by atoms with Gasteiger partial charge in [-0.15, -0.1) is 11.6 Å². The number of benzene rings is 1. The van der Waals surface area contributed by atoms with E-state index in [9.17, 15) is 21.6 Å². The second kappa shape index (κ2) is 4.96. The van der Waals surface area contributed by atoms with Crippen LogP contribution in [-0.2, 0) is 16.2 Å². The highest BCUT2D eigenvalue weighted by Gasteiger charge is 2.40. The fourth-order valence-corrected chi connectivity index (χ4v) is 4.03.